The Bertz CT molecular complexity index is 2260. The number of likely N-dealkylation sites (N-methyl/N-ethyl adjacent to an activating group) is 3. The van der Waals surface area contributed by atoms with E-state index in [2.05, 4.69) is 214 Å². The van der Waals surface area contributed by atoms with Crippen LogP contribution >= 0.6 is 47.8 Å². The summed E-state index contributed by atoms with van der Waals surface area (Å²) in [6.07, 6.45) is 7.20. The molecule has 0 spiro atoms. The van der Waals surface area contributed by atoms with Crippen molar-refractivity contribution in [1.82, 2.24) is 29.8 Å². The molecule has 0 bridgehead atoms. The van der Waals surface area contributed by atoms with Gasteiger partial charge >= 0.3 is 0 Å². The third-order valence-corrected chi connectivity index (χ3v) is 17.1. The van der Waals surface area contributed by atoms with Crippen LogP contribution in [0.3, 0.4) is 0 Å². The molecule has 3 fully saturated rings. The zero-order chi connectivity index (χ0) is 56.9. The lowest BCUT2D eigenvalue weighted by atomic mass is 10.0. The largest absolute Gasteiger partial charge is 0.493 e. The summed E-state index contributed by atoms with van der Waals surface area (Å²) in [5.74, 6) is 4.21. The van der Waals surface area contributed by atoms with Crippen LogP contribution in [0.5, 0.6) is 23.0 Å². The van der Waals surface area contributed by atoms with Gasteiger partial charge in [-0.25, -0.2) is 0 Å². The van der Waals surface area contributed by atoms with Crippen LogP contribution in [-0.2, 0) is 6.42 Å². The maximum absolute atomic E-state index is 5.76. The standard InChI is InChI=1S/2C17H27N3O.C12H16BrNO.C10H12O.C5H12N2.C3H6Br2.2CH4/c2*1-15-4-5-17-16(14-15)20(12-13-21-17)7-3-6-19-10-8-18(2)9-11-19;1-10-3-4-12-11(9-10)14(6-2-5-13)7-8-15-12;1-8-4-5-10-9(7-8)3-2-6-11-10;1-7-4-2-6-3-5-7;4-2-1-3-5;;/h2*4-5,14H,3,6-13H2,1-2H3;3-4,9H,2,5-8H2,1H3;4-5,7H,2-3,6H2,1H3;6H,2-5H2,1H3;1-3H2;2*1H4. The number of nitrogens with one attached hydrogen (secondary N) is 1. The number of aryl methyl sites for hydroxylation is 5. The van der Waals surface area contributed by atoms with Crippen molar-refractivity contribution in [3.05, 3.63) is 101 Å². The maximum Gasteiger partial charge on any atom is 0.142 e. The van der Waals surface area contributed by atoms with Gasteiger partial charge < -0.3 is 63.5 Å². The number of ether oxygens (including phenoxy) is 4. The predicted octanol–water partition coefficient (Wildman–Crippen LogP) is 11.9. The van der Waals surface area contributed by atoms with Gasteiger partial charge in [0.05, 0.1) is 43.3 Å². The Morgan fingerprint density at radius 3 is 1.11 bits per heavy atom. The lowest BCUT2D eigenvalue weighted by molar-refractivity contribution is 0.153. The van der Waals surface area contributed by atoms with E-state index in [0.717, 1.165) is 124 Å². The smallest absolute Gasteiger partial charge is 0.142 e. The number of hydrogen-bond acceptors (Lipinski definition) is 13. The minimum atomic E-state index is 0. The Kier molecular flexibility index (Phi) is 34.8. The monoisotopic (exact) mass is 1330 g/mol. The van der Waals surface area contributed by atoms with Crippen LogP contribution in [0.15, 0.2) is 72.8 Å². The molecule has 462 valence electrons. The molecule has 16 heteroatoms. The van der Waals surface area contributed by atoms with Gasteiger partial charge in [0.15, 0.2) is 0 Å². The number of alkyl halides is 3. The first-order chi connectivity index (χ1) is 38.9. The van der Waals surface area contributed by atoms with Crippen molar-refractivity contribution < 1.29 is 18.9 Å². The van der Waals surface area contributed by atoms with E-state index < -0.39 is 0 Å². The zero-order valence-corrected chi connectivity index (χ0v) is 54.9. The van der Waals surface area contributed by atoms with E-state index in [9.17, 15) is 0 Å². The lowest BCUT2D eigenvalue weighted by Crippen LogP contribution is -2.45. The van der Waals surface area contributed by atoms with Crippen molar-refractivity contribution in [2.45, 2.75) is 81.1 Å². The normalized spacial score (nSPS) is 17.8. The van der Waals surface area contributed by atoms with Crippen molar-refractivity contribution >= 4 is 64.9 Å². The molecule has 0 saturated carbocycles. The van der Waals surface area contributed by atoms with Gasteiger partial charge in [-0.3, -0.25) is 0 Å². The molecule has 4 aromatic carbocycles. The minimum absolute atomic E-state index is 0. The summed E-state index contributed by atoms with van der Waals surface area (Å²) in [5.41, 5.74) is 10.4. The molecule has 0 radical (unpaired) electrons. The topological polar surface area (TPSA) is 74.9 Å². The number of hydrogen-bond donors (Lipinski definition) is 1. The molecule has 7 aliphatic heterocycles. The van der Waals surface area contributed by atoms with Crippen LogP contribution < -0.4 is 39.0 Å². The van der Waals surface area contributed by atoms with Crippen LogP contribution in [0.2, 0.25) is 0 Å². The number of benzene rings is 4. The van der Waals surface area contributed by atoms with Gasteiger partial charge in [-0.15, -0.1) is 0 Å². The zero-order valence-electron chi connectivity index (χ0n) is 50.1. The van der Waals surface area contributed by atoms with Crippen molar-refractivity contribution in [2.24, 2.45) is 0 Å². The first-order valence-electron chi connectivity index (χ1n) is 30.0. The highest BCUT2D eigenvalue weighted by Crippen LogP contribution is 2.35. The van der Waals surface area contributed by atoms with Gasteiger partial charge in [0, 0.05) is 114 Å². The highest BCUT2D eigenvalue weighted by molar-refractivity contribution is 9.09. The van der Waals surface area contributed by atoms with E-state index in [1.165, 1.54) is 156 Å². The van der Waals surface area contributed by atoms with E-state index in [1.54, 1.807) is 0 Å². The average molecular weight is 1330 g/mol. The third-order valence-electron chi connectivity index (χ3n) is 15.5. The number of fused-ring (bicyclic) bond motifs is 4. The second kappa shape index (κ2) is 40.1. The maximum atomic E-state index is 5.76. The van der Waals surface area contributed by atoms with Crippen LogP contribution in [0, 0.1) is 27.7 Å². The number of piperazine rings is 3. The van der Waals surface area contributed by atoms with Crippen LogP contribution in [-0.4, -0.2) is 219 Å². The Morgan fingerprint density at radius 1 is 0.390 bits per heavy atom. The van der Waals surface area contributed by atoms with Crippen molar-refractivity contribution in [1.29, 1.82) is 0 Å². The molecule has 3 saturated heterocycles. The summed E-state index contributed by atoms with van der Waals surface area (Å²) in [7, 11) is 6.58. The molecule has 4 aromatic rings. The second-order valence-electron chi connectivity index (χ2n) is 22.3. The first kappa shape index (κ1) is 71.2. The van der Waals surface area contributed by atoms with Crippen molar-refractivity contribution in [2.75, 3.05) is 209 Å². The molecule has 11 rings (SSSR count). The molecule has 82 heavy (non-hydrogen) atoms. The minimum Gasteiger partial charge on any atom is -0.493 e. The van der Waals surface area contributed by atoms with Gasteiger partial charge in [0.25, 0.3) is 0 Å². The number of rotatable bonds is 13. The van der Waals surface area contributed by atoms with Gasteiger partial charge in [-0.05, 0) is 165 Å². The molecule has 0 aromatic heterocycles. The second-order valence-corrected chi connectivity index (χ2v) is 24.7. The average Bonchev–Trinajstić information content (AvgIpc) is 3.53. The Hall–Kier alpha value is -3.32. The summed E-state index contributed by atoms with van der Waals surface area (Å²) >= 11 is 10.0. The fraction of sp³-hybridized carbons (Fsp3) is 0.636. The molecule has 7 aliphatic rings. The molecular formula is C66H108Br3N9O4. The van der Waals surface area contributed by atoms with Gasteiger partial charge in [0.2, 0.25) is 0 Å². The Balaban J connectivity index is 0.000000222. The summed E-state index contributed by atoms with van der Waals surface area (Å²) in [5, 5.41) is 6.55. The van der Waals surface area contributed by atoms with E-state index in [4.69, 9.17) is 18.9 Å². The predicted molar refractivity (Wildman–Crippen MR) is 363 cm³/mol. The SMILES string of the molecule is BrCCCBr.C.C.CN1CCNCC1.Cc1ccc2c(c1)CCCO2.Cc1ccc2c(c1)N(CCCBr)CCO2.Cc1ccc2c(c1)N(CCCN1CCN(C)CC1)CCO2.Cc1ccc2c(c1)N(CCCN1CCN(C)CC1)CCO2. The first-order valence-corrected chi connectivity index (χ1v) is 33.4. The molecule has 0 aliphatic carbocycles. The fourth-order valence-corrected chi connectivity index (χ4v) is 12.1. The van der Waals surface area contributed by atoms with E-state index >= 15 is 0 Å². The molecule has 1 N–H and O–H groups in total. The summed E-state index contributed by atoms with van der Waals surface area (Å²) in [6.45, 7) is 35.1. The summed E-state index contributed by atoms with van der Waals surface area (Å²) in [6, 6.07) is 25.8. The fourth-order valence-electron chi connectivity index (χ4n) is 10.5. The van der Waals surface area contributed by atoms with Crippen molar-refractivity contribution in [3.63, 3.8) is 0 Å². The Morgan fingerprint density at radius 2 is 0.744 bits per heavy atom. The highest BCUT2D eigenvalue weighted by atomic mass is 79.9. The van der Waals surface area contributed by atoms with Gasteiger partial charge in [-0.2, -0.15) is 0 Å². The Labute approximate surface area is 524 Å². The molecule has 13 nitrogen and oxygen atoms in total. The van der Waals surface area contributed by atoms with Gasteiger partial charge in [-0.1, -0.05) is 98.5 Å². The molecule has 0 unspecified atom stereocenters. The number of nitrogens with zero attached hydrogens (tertiary/aromatic N) is 8. The van der Waals surface area contributed by atoms with Crippen LogP contribution in [0.1, 0.15) is 74.8 Å². The number of halogens is 3. The summed E-state index contributed by atoms with van der Waals surface area (Å²) < 4.78 is 22.6. The van der Waals surface area contributed by atoms with Gasteiger partial charge in [0.1, 0.15) is 42.8 Å². The third kappa shape index (κ3) is 25.3. The lowest BCUT2D eigenvalue weighted by Gasteiger charge is -2.34. The highest BCUT2D eigenvalue weighted by Gasteiger charge is 2.22. The number of anilines is 3. The molecule has 7 heterocycles. The van der Waals surface area contributed by atoms with Crippen molar-refractivity contribution in [3.8, 4) is 23.0 Å². The molecule has 0 amide bonds. The van der Waals surface area contributed by atoms with E-state index in [-0.39, 0.29) is 14.9 Å². The van der Waals surface area contributed by atoms with E-state index in [0.29, 0.717) is 0 Å². The quantitative estimate of drug-likeness (QED) is 0.129. The van der Waals surface area contributed by atoms with Crippen LogP contribution in [0.4, 0.5) is 17.1 Å². The molecular weight excluding hydrogens is 1220 g/mol. The van der Waals surface area contributed by atoms with Crippen LogP contribution in [0.25, 0.3) is 0 Å². The molecule has 0 atom stereocenters. The van der Waals surface area contributed by atoms with E-state index in [1.807, 2.05) is 0 Å². The summed E-state index contributed by atoms with van der Waals surface area (Å²) in [4.78, 5) is 19.7.